The number of thiazole rings is 1. The van der Waals surface area contributed by atoms with Crippen LogP contribution in [0.4, 0.5) is 4.39 Å². The number of amides is 2. The molecule has 0 unspecified atom stereocenters. The summed E-state index contributed by atoms with van der Waals surface area (Å²) >= 11 is 1.15. The molecule has 2 N–H and O–H groups in total. The number of ether oxygens (including phenoxy) is 1. The third-order valence-corrected chi connectivity index (χ3v) is 11.5. The van der Waals surface area contributed by atoms with E-state index in [9.17, 15) is 33.5 Å². The number of Topliss-reactive ketones (excluding diaryl/α,β-unsaturated/α-hetero) is 1. The van der Waals surface area contributed by atoms with Crippen LogP contribution in [0.25, 0.3) is 0 Å². The van der Waals surface area contributed by atoms with Crippen LogP contribution in [0.3, 0.4) is 0 Å². The topological polar surface area (TPSA) is 146 Å². The van der Waals surface area contributed by atoms with Crippen LogP contribution in [-0.4, -0.2) is 87.7 Å². The molecular formula is C39H55FN4O7S. The summed E-state index contributed by atoms with van der Waals surface area (Å²) in [6, 6.07) is 3.45. The van der Waals surface area contributed by atoms with E-state index in [1.807, 2.05) is 13.8 Å². The van der Waals surface area contributed by atoms with Crippen LogP contribution in [0.1, 0.15) is 119 Å². The number of aromatic nitrogens is 1. The van der Waals surface area contributed by atoms with E-state index < -0.39 is 47.1 Å². The number of ketones is 1. The van der Waals surface area contributed by atoms with Gasteiger partial charge in [-0.1, -0.05) is 40.2 Å². The van der Waals surface area contributed by atoms with Gasteiger partial charge in [0.15, 0.2) is 11.9 Å². The number of aryl methyl sites for hydroxylation is 1. The van der Waals surface area contributed by atoms with Gasteiger partial charge >= 0.3 is 11.9 Å². The zero-order valence-electron chi connectivity index (χ0n) is 31.6. The normalized spacial score (nSPS) is 19.3. The van der Waals surface area contributed by atoms with Gasteiger partial charge in [0.05, 0.1) is 17.4 Å². The summed E-state index contributed by atoms with van der Waals surface area (Å²) in [6.45, 7) is 12.4. The minimum atomic E-state index is -1.01. The number of piperidine rings is 1. The highest BCUT2D eigenvalue weighted by Gasteiger charge is 2.54. The molecule has 2 heterocycles. The van der Waals surface area contributed by atoms with Crippen molar-refractivity contribution < 1.29 is 38.2 Å². The number of likely N-dealkylation sites (tertiary alicyclic amines) is 1. The minimum Gasteiger partial charge on any atom is -0.481 e. The molecule has 2 amide bonds. The number of hydrogen-bond donors (Lipinski definition) is 2. The maximum Gasteiger partial charge on any atom is 0.306 e. The van der Waals surface area contributed by atoms with Gasteiger partial charge in [-0.2, -0.15) is 0 Å². The summed E-state index contributed by atoms with van der Waals surface area (Å²) in [7, 11) is 1.75. The standard InChI is InChI=1S/C39H55FN4O7S/c1-8-44-14-10-9-11-31(44)33(46)21-39(12-13-39)38(50)43(7)32(23(2)3)20-34(51-26(6)45)36-42-30(22-52-36)35(47)41-29(17-25(5)37(48)49)19-27-15-24(4)16-28(40)18-27/h15-16,18,22-23,25,29,31-32,34H,8-14,17,19-21H2,1-7H3,(H,41,47)(H,48,49)/t25-,29+,31+,32+,34+/m0/s1. The lowest BCUT2D eigenvalue weighted by molar-refractivity contribution is -0.149. The van der Waals surface area contributed by atoms with Crippen LogP contribution in [0.5, 0.6) is 0 Å². The number of esters is 1. The third kappa shape index (κ3) is 10.7. The van der Waals surface area contributed by atoms with Gasteiger partial charge in [0.25, 0.3) is 5.91 Å². The summed E-state index contributed by atoms with van der Waals surface area (Å²) in [5.41, 5.74) is 0.702. The van der Waals surface area contributed by atoms with Crippen molar-refractivity contribution in [2.24, 2.45) is 17.3 Å². The molecule has 1 aromatic carbocycles. The number of carbonyl (C=O) groups is 5. The monoisotopic (exact) mass is 742 g/mol. The predicted octanol–water partition coefficient (Wildman–Crippen LogP) is 6.13. The van der Waals surface area contributed by atoms with Crippen LogP contribution >= 0.6 is 11.3 Å². The van der Waals surface area contributed by atoms with Crippen molar-refractivity contribution >= 4 is 40.9 Å². The molecule has 0 spiro atoms. The van der Waals surface area contributed by atoms with E-state index in [1.165, 1.54) is 19.1 Å². The molecule has 1 aliphatic heterocycles. The molecule has 2 fully saturated rings. The quantitative estimate of drug-likeness (QED) is 0.172. The van der Waals surface area contributed by atoms with Gasteiger partial charge in [-0.05, 0) is 87.7 Å². The number of rotatable bonds is 18. The number of hydrogen-bond acceptors (Lipinski definition) is 9. The third-order valence-electron chi connectivity index (χ3n) is 10.6. The van der Waals surface area contributed by atoms with Crippen molar-refractivity contribution in [1.29, 1.82) is 0 Å². The van der Waals surface area contributed by atoms with E-state index in [1.54, 1.807) is 37.2 Å². The summed E-state index contributed by atoms with van der Waals surface area (Å²) < 4.78 is 19.9. The van der Waals surface area contributed by atoms with Crippen LogP contribution < -0.4 is 5.32 Å². The summed E-state index contributed by atoms with van der Waals surface area (Å²) in [5, 5.41) is 14.4. The average molecular weight is 743 g/mol. The van der Waals surface area contributed by atoms with E-state index in [-0.39, 0.29) is 61.1 Å². The number of likely N-dealkylation sites (N-methyl/N-ethyl adjacent to an activating group) is 1. The van der Waals surface area contributed by atoms with Crippen LogP contribution in [0.2, 0.25) is 0 Å². The first-order valence-corrected chi connectivity index (χ1v) is 19.4. The highest BCUT2D eigenvalue weighted by molar-refractivity contribution is 7.09. The van der Waals surface area contributed by atoms with Crippen LogP contribution in [0, 0.1) is 30.0 Å². The molecule has 52 heavy (non-hydrogen) atoms. The molecule has 2 aromatic rings. The fraction of sp³-hybridized carbons (Fsp3) is 0.641. The SMILES string of the molecule is CCN1CCCC[C@@H]1C(=O)CC1(C(=O)N(C)[C@H](C[C@@H](OC(C)=O)c2nc(C(=O)N[C@@H](Cc3cc(C)cc(F)c3)C[C@H](C)C(=O)O)cs2)C(C)C)CC1. The fourth-order valence-corrected chi connectivity index (χ4v) is 8.40. The summed E-state index contributed by atoms with van der Waals surface area (Å²) in [4.78, 5) is 73.6. The van der Waals surface area contributed by atoms with Gasteiger partial charge in [0.1, 0.15) is 16.5 Å². The highest BCUT2D eigenvalue weighted by atomic mass is 32.1. The second kappa shape index (κ2) is 17.9. The Balaban J connectivity index is 1.49. The Morgan fingerprint density at radius 2 is 1.85 bits per heavy atom. The zero-order chi connectivity index (χ0) is 38.3. The second-order valence-corrected chi connectivity index (χ2v) is 16.1. The molecule has 0 radical (unpaired) electrons. The number of aliphatic carboxylic acids is 1. The second-order valence-electron chi connectivity index (χ2n) is 15.2. The van der Waals surface area contributed by atoms with E-state index in [0.29, 0.717) is 29.0 Å². The molecule has 4 rings (SSSR count). The molecule has 1 saturated carbocycles. The van der Waals surface area contributed by atoms with Gasteiger partial charge in [0.2, 0.25) is 5.91 Å². The molecule has 1 aromatic heterocycles. The van der Waals surface area contributed by atoms with Crippen LogP contribution in [0.15, 0.2) is 23.6 Å². The Morgan fingerprint density at radius 1 is 1.13 bits per heavy atom. The number of benzene rings is 1. The molecule has 13 heteroatoms. The fourth-order valence-electron chi connectivity index (χ4n) is 7.56. The first-order chi connectivity index (χ1) is 24.5. The lowest BCUT2D eigenvalue weighted by atomic mass is 9.88. The average Bonchev–Trinajstić information content (AvgIpc) is 3.68. The number of nitrogens with one attached hydrogen (secondary N) is 1. The molecule has 2 aliphatic rings. The molecule has 1 aliphatic carbocycles. The van der Waals surface area contributed by atoms with E-state index in [2.05, 4.69) is 22.1 Å². The maximum absolute atomic E-state index is 14.1. The van der Waals surface area contributed by atoms with E-state index >= 15 is 0 Å². The molecule has 11 nitrogen and oxygen atoms in total. The number of carboxylic acids is 1. The number of carboxylic acid groups (broad SMARTS) is 1. The Morgan fingerprint density at radius 3 is 2.44 bits per heavy atom. The Bertz CT molecular complexity index is 1590. The number of carbonyl (C=O) groups excluding carboxylic acids is 4. The van der Waals surface area contributed by atoms with Crippen molar-refractivity contribution in [2.45, 2.75) is 124 Å². The van der Waals surface area contributed by atoms with Crippen LogP contribution in [-0.2, 0) is 30.3 Å². The number of halogens is 1. The molecule has 1 saturated heterocycles. The van der Waals surface area contributed by atoms with Crippen molar-refractivity contribution in [3.8, 4) is 0 Å². The predicted molar refractivity (Wildman–Crippen MR) is 196 cm³/mol. The van der Waals surface area contributed by atoms with Crippen molar-refractivity contribution in [3.05, 3.63) is 51.2 Å². The van der Waals surface area contributed by atoms with Gasteiger partial charge < -0.3 is 20.1 Å². The minimum absolute atomic E-state index is 0.0291. The van der Waals surface area contributed by atoms with Crippen molar-refractivity contribution in [3.63, 3.8) is 0 Å². The Kier molecular flexibility index (Phi) is 14.1. The molecule has 286 valence electrons. The molecule has 5 atom stereocenters. The lowest BCUT2D eigenvalue weighted by Gasteiger charge is -2.37. The van der Waals surface area contributed by atoms with Crippen molar-refractivity contribution in [2.75, 3.05) is 20.1 Å². The lowest BCUT2D eigenvalue weighted by Crippen LogP contribution is -2.48. The number of nitrogens with zero attached hydrogens (tertiary/aromatic N) is 3. The maximum atomic E-state index is 14.1. The molecular weight excluding hydrogens is 688 g/mol. The van der Waals surface area contributed by atoms with Gasteiger partial charge in [0, 0.05) is 44.3 Å². The van der Waals surface area contributed by atoms with Gasteiger partial charge in [-0.15, -0.1) is 11.3 Å². The first-order valence-electron chi connectivity index (χ1n) is 18.5. The van der Waals surface area contributed by atoms with Gasteiger partial charge in [-0.25, -0.2) is 9.37 Å². The zero-order valence-corrected chi connectivity index (χ0v) is 32.4. The van der Waals surface area contributed by atoms with E-state index in [0.717, 1.165) is 43.7 Å². The van der Waals surface area contributed by atoms with Crippen molar-refractivity contribution in [1.82, 2.24) is 20.1 Å². The molecule has 0 bridgehead atoms. The first kappa shape index (κ1) is 41.1. The van der Waals surface area contributed by atoms with Gasteiger partial charge in [-0.3, -0.25) is 28.9 Å². The Labute approximate surface area is 310 Å². The summed E-state index contributed by atoms with van der Waals surface area (Å²) in [6.07, 6.45) is 4.20. The van der Waals surface area contributed by atoms with E-state index in [4.69, 9.17) is 4.74 Å². The highest BCUT2D eigenvalue weighted by Crippen LogP contribution is 2.51. The summed E-state index contributed by atoms with van der Waals surface area (Å²) in [5.74, 6) is -3.22. The largest absolute Gasteiger partial charge is 0.481 e. The smallest absolute Gasteiger partial charge is 0.306 e. The Hall–Kier alpha value is -3.71.